The fourth-order valence-electron chi connectivity index (χ4n) is 3.30. The molecule has 1 aromatic carbocycles. The SMILES string of the molecule is COc1ccc(OCC(=O)N2CCC(c3nc(-c4cnccn4)n[nH]3)CC2)cc1. The number of nitrogens with one attached hydrogen (secondary N) is 1. The summed E-state index contributed by atoms with van der Waals surface area (Å²) >= 11 is 0. The Kier molecular flexibility index (Phi) is 5.64. The summed E-state index contributed by atoms with van der Waals surface area (Å²) in [6.45, 7) is 1.35. The first kappa shape index (κ1) is 18.9. The van der Waals surface area contributed by atoms with Crippen LogP contribution in [0.3, 0.4) is 0 Å². The van der Waals surface area contributed by atoms with E-state index in [1.54, 1.807) is 50.0 Å². The Bertz CT molecular complexity index is 936. The monoisotopic (exact) mass is 394 g/mol. The minimum Gasteiger partial charge on any atom is -0.497 e. The molecule has 0 spiro atoms. The molecule has 150 valence electrons. The van der Waals surface area contributed by atoms with Crippen molar-refractivity contribution in [2.24, 2.45) is 0 Å². The summed E-state index contributed by atoms with van der Waals surface area (Å²) in [6, 6.07) is 7.18. The van der Waals surface area contributed by atoms with Crippen LogP contribution in [0.4, 0.5) is 0 Å². The van der Waals surface area contributed by atoms with Crippen molar-refractivity contribution >= 4 is 5.91 Å². The van der Waals surface area contributed by atoms with Crippen molar-refractivity contribution in [1.29, 1.82) is 0 Å². The van der Waals surface area contributed by atoms with E-state index in [2.05, 4.69) is 25.1 Å². The van der Waals surface area contributed by atoms with Gasteiger partial charge in [0.25, 0.3) is 5.91 Å². The smallest absolute Gasteiger partial charge is 0.260 e. The van der Waals surface area contributed by atoms with Crippen molar-refractivity contribution in [3.63, 3.8) is 0 Å². The maximum absolute atomic E-state index is 12.5. The van der Waals surface area contributed by atoms with Crippen molar-refractivity contribution in [1.82, 2.24) is 30.0 Å². The van der Waals surface area contributed by atoms with E-state index in [1.807, 2.05) is 4.90 Å². The molecular weight excluding hydrogens is 372 g/mol. The summed E-state index contributed by atoms with van der Waals surface area (Å²) in [5, 5.41) is 7.25. The Morgan fingerprint density at radius 2 is 1.93 bits per heavy atom. The number of ether oxygens (including phenoxy) is 2. The number of amides is 1. The van der Waals surface area contributed by atoms with Crippen LogP contribution in [-0.4, -0.2) is 62.8 Å². The minimum atomic E-state index is -0.0166. The van der Waals surface area contributed by atoms with Crippen LogP contribution in [0.2, 0.25) is 0 Å². The van der Waals surface area contributed by atoms with Crippen molar-refractivity contribution in [2.45, 2.75) is 18.8 Å². The summed E-state index contributed by atoms with van der Waals surface area (Å²) in [6.07, 6.45) is 6.51. The first-order valence-electron chi connectivity index (χ1n) is 9.46. The molecule has 1 amide bonds. The Hall–Kier alpha value is -3.49. The maximum Gasteiger partial charge on any atom is 0.260 e. The third-order valence-electron chi connectivity index (χ3n) is 4.95. The van der Waals surface area contributed by atoms with Gasteiger partial charge in [-0.3, -0.25) is 14.9 Å². The zero-order chi connectivity index (χ0) is 20.1. The van der Waals surface area contributed by atoms with Gasteiger partial charge in [0.05, 0.1) is 13.3 Å². The highest BCUT2D eigenvalue weighted by atomic mass is 16.5. The second-order valence-electron chi connectivity index (χ2n) is 6.75. The van der Waals surface area contributed by atoms with Crippen molar-refractivity contribution < 1.29 is 14.3 Å². The fourth-order valence-corrected chi connectivity index (χ4v) is 3.30. The van der Waals surface area contributed by atoms with Gasteiger partial charge in [0.2, 0.25) is 5.82 Å². The van der Waals surface area contributed by atoms with E-state index in [-0.39, 0.29) is 18.4 Å². The lowest BCUT2D eigenvalue weighted by molar-refractivity contribution is -0.134. The number of likely N-dealkylation sites (tertiary alicyclic amines) is 1. The quantitative estimate of drug-likeness (QED) is 0.682. The lowest BCUT2D eigenvalue weighted by Crippen LogP contribution is -2.40. The number of methoxy groups -OCH3 is 1. The number of aromatic amines is 1. The average Bonchev–Trinajstić information content (AvgIpc) is 3.29. The number of nitrogens with zero attached hydrogens (tertiary/aromatic N) is 5. The minimum absolute atomic E-state index is 0.0166. The second kappa shape index (κ2) is 8.68. The molecule has 0 bridgehead atoms. The Labute approximate surface area is 168 Å². The number of benzene rings is 1. The molecule has 0 atom stereocenters. The molecule has 2 aromatic heterocycles. The van der Waals surface area contributed by atoms with Gasteiger partial charge < -0.3 is 14.4 Å². The summed E-state index contributed by atoms with van der Waals surface area (Å²) in [5.41, 5.74) is 0.637. The lowest BCUT2D eigenvalue weighted by Gasteiger charge is -2.30. The molecule has 0 saturated carbocycles. The molecule has 0 unspecified atom stereocenters. The predicted molar refractivity (Wildman–Crippen MR) is 104 cm³/mol. The van der Waals surface area contributed by atoms with Crippen LogP contribution in [0.1, 0.15) is 24.6 Å². The second-order valence-corrected chi connectivity index (χ2v) is 6.75. The molecule has 1 N–H and O–H groups in total. The number of carbonyl (C=O) groups excluding carboxylic acids is 1. The number of carbonyl (C=O) groups is 1. The highest BCUT2D eigenvalue weighted by Gasteiger charge is 2.26. The lowest BCUT2D eigenvalue weighted by atomic mass is 9.96. The third-order valence-corrected chi connectivity index (χ3v) is 4.95. The molecule has 3 aromatic rings. The number of hydrogen-bond acceptors (Lipinski definition) is 7. The first-order valence-corrected chi connectivity index (χ1v) is 9.46. The fraction of sp³-hybridized carbons (Fsp3) is 0.350. The third kappa shape index (κ3) is 4.50. The van der Waals surface area contributed by atoms with Gasteiger partial charge in [-0.25, -0.2) is 9.97 Å². The van der Waals surface area contributed by atoms with E-state index in [1.165, 1.54) is 0 Å². The standard InChI is InChI=1S/C20H22N6O3/c1-28-15-2-4-16(5-3-15)29-13-18(27)26-10-6-14(7-11-26)19-23-20(25-24-19)17-12-21-8-9-22-17/h2-5,8-9,12,14H,6-7,10-11,13H2,1H3,(H,23,24,25). The van der Waals surface area contributed by atoms with E-state index in [0.717, 1.165) is 24.4 Å². The largest absolute Gasteiger partial charge is 0.497 e. The molecule has 1 aliphatic rings. The van der Waals surface area contributed by atoms with Gasteiger partial charge in [-0.05, 0) is 37.1 Å². The molecule has 1 aliphatic heterocycles. The van der Waals surface area contributed by atoms with Crippen LogP contribution in [0.5, 0.6) is 11.5 Å². The number of rotatable bonds is 6. The summed E-state index contributed by atoms with van der Waals surface area (Å²) in [5.74, 6) is 2.98. The van der Waals surface area contributed by atoms with Crippen LogP contribution >= 0.6 is 0 Å². The maximum atomic E-state index is 12.5. The molecule has 0 radical (unpaired) electrons. The number of H-pyrrole nitrogens is 1. The number of aromatic nitrogens is 5. The van der Waals surface area contributed by atoms with E-state index in [9.17, 15) is 4.79 Å². The normalized spacial score (nSPS) is 14.6. The topological polar surface area (TPSA) is 106 Å². The molecule has 1 fully saturated rings. The van der Waals surface area contributed by atoms with Crippen molar-refractivity contribution in [2.75, 3.05) is 26.8 Å². The molecule has 29 heavy (non-hydrogen) atoms. The molecule has 3 heterocycles. The zero-order valence-corrected chi connectivity index (χ0v) is 16.1. The van der Waals surface area contributed by atoms with Gasteiger partial charge in [-0.15, -0.1) is 0 Å². The molecule has 1 saturated heterocycles. The average molecular weight is 394 g/mol. The van der Waals surface area contributed by atoms with Crippen molar-refractivity contribution in [3.05, 3.63) is 48.7 Å². The first-order chi connectivity index (χ1) is 14.2. The van der Waals surface area contributed by atoms with Crippen LogP contribution < -0.4 is 9.47 Å². The van der Waals surface area contributed by atoms with Crippen LogP contribution in [0.15, 0.2) is 42.9 Å². The predicted octanol–water partition coefficient (Wildman–Crippen LogP) is 2.06. The molecular formula is C20H22N6O3. The van der Waals surface area contributed by atoms with Crippen molar-refractivity contribution in [3.8, 4) is 23.0 Å². The highest BCUT2D eigenvalue weighted by Crippen LogP contribution is 2.26. The zero-order valence-electron chi connectivity index (χ0n) is 16.1. The molecule has 0 aliphatic carbocycles. The number of piperidine rings is 1. The van der Waals surface area contributed by atoms with E-state index >= 15 is 0 Å². The van der Waals surface area contributed by atoms with E-state index in [4.69, 9.17) is 9.47 Å². The van der Waals surface area contributed by atoms with E-state index < -0.39 is 0 Å². The number of hydrogen-bond donors (Lipinski definition) is 1. The van der Waals surface area contributed by atoms with Gasteiger partial charge in [0, 0.05) is 31.4 Å². The summed E-state index contributed by atoms with van der Waals surface area (Å²) in [4.78, 5) is 27.1. The summed E-state index contributed by atoms with van der Waals surface area (Å²) in [7, 11) is 1.61. The van der Waals surface area contributed by atoms with Gasteiger partial charge in [-0.2, -0.15) is 5.10 Å². The Morgan fingerprint density at radius 1 is 1.17 bits per heavy atom. The van der Waals surface area contributed by atoms with Gasteiger partial charge in [0.1, 0.15) is 23.0 Å². The Morgan fingerprint density at radius 3 is 2.62 bits per heavy atom. The van der Waals surface area contributed by atoms with Gasteiger partial charge >= 0.3 is 0 Å². The van der Waals surface area contributed by atoms with E-state index in [0.29, 0.717) is 30.4 Å². The van der Waals surface area contributed by atoms with Crippen LogP contribution in [0, 0.1) is 0 Å². The summed E-state index contributed by atoms with van der Waals surface area (Å²) < 4.78 is 10.7. The highest BCUT2D eigenvalue weighted by molar-refractivity contribution is 5.77. The van der Waals surface area contributed by atoms with Crippen LogP contribution in [-0.2, 0) is 4.79 Å². The van der Waals surface area contributed by atoms with Crippen LogP contribution in [0.25, 0.3) is 11.5 Å². The van der Waals surface area contributed by atoms with Gasteiger partial charge in [-0.1, -0.05) is 0 Å². The molecule has 4 rings (SSSR count). The molecule has 9 nitrogen and oxygen atoms in total. The van der Waals surface area contributed by atoms with Gasteiger partial charge in [0.15, 0.2) is 6.61 Å². The Balaban J connectivity index is 1.27. The molecule has 9 heteroatoms.